The molecule has 84 valence electrons. The van der Waals surface area contributed by atoms with E-state index in [2.05, 4.69) is 37.0 Å². The topological polar surface area (TPSA) is 38.9 Å². The van der Waals surface area contributed by atoms with Crippen molar-refractivity contribution in [2.75, 3.05) is 5.73 Å². The van der Waals surface area contributed by atoms with Crippen LogP contribution in [0.4, 0.5) is 5.69 Å². The Morgan fingerprint density at radius 2 is 2.00 bits per heavy atom. The molecule has 2 rings (SSSR count). The van der Waals surface area contributed by atoms with E-state index in [0.29, 0.717) is 0 Å². The third-order valence-electron chi connectivity index (χ3n) is 2.87. The molecule has 2 nitrogen and oxygen atoms in total. The van der Waals surface area contributed by atoms with Crippen molar-refractivity contribution in [3.63, 3.8) is 0 Å². The number of rotatable bonds is 3. The predicted molar refractivity (Wildman–Crippen MR) is 69.5 cm³/mol. The van der Waals surface area contributed by atoms with Crippen molar-refractivity contribution in [1.82, 2.24) is 4.98 Å². The van der Waals surface area contributed by atoms with Gasteiger partial charge in [-0.25, -0.2) is 0 Å². The van der Waals surface area contributed by atoms with Gasteiger partial charge in [0.1, 0.15) is 0 Å². The molecule has 0 unspecified atom stereocenters. The number of fused-ring (bicyclic) bond motifs is 1. The number of benzene rings is 1. The molecule has 0 aliphatic rings. The minimum Gasteiger partial charge on any atom is -0.398 e. The van der Waals surface area contributed by atoms with Crippen molar-refractivity contribution >= 4 is 16.6 Å². The quantitative estimate of drug-likeness (QED) is 0.851. The van der Waals surface area contributed by atoms with Crippen LogP contribution in [0.1, 0.15) is 31.5 Å². The Balaban J connectivity index is 2.57. The van der Waals surface area contributed by atoms with Gasteiger partial charge in [-0.05, 0) is 36.6 Å². The number of nitrogens with zero attached hydrogens (tertiary/aromatic N) is 1. The minimum absolute atomic E-state index is 0.851. The number of anilines is 1. The van der Waals surface area contributed by atoms with E-state index in [-0.39, 0.29) is 0 Å². The molecule has 0 aliphatic heterocycles. The first kappa shape index (κ1) is 10.9. The fourth-order valence-corrected chi connectivity index (χ4v) is 1.96. The van der Waals surface area contributed by atoms with Gasteiger partial charge in [-0.1, -0.05) is 26.3 Å². The lowest BCUT2D eigenvalue weighted by molar-refractivity contribution is 0.890. The zero-order chi connectivity index (χ0) is 11.5. The molecular formula is C14H18N2. The summed E-state index contributed by atoms with van der Waals surface area (Å²) in [6.45, 7) is 4.30. The van der Waals surface area contributed by atoms with Crippen LogP contribution in [0.15, 0.2) is 24.3 Å². The Morgan fingerprint density at radius 1 is 1.19 bits per heavy atom. The average Bonchev–Trinajstić information content (AvgIpc) is 2.29. The van der Waals surface area contributed by atoms with Gasteiger partial charge in [0.2, 0.25) is 0 Å². The summed E-state index contributed by atoms with van der Waals surface area (Å²) in [5, 5.41) is 1.08. The molecule has 1 aromatic carbocycles. The smallest absolute Gasteiger partial charge is 0.0726 e. The van der Waals surface area contributed by atoms with Crippen LogP contribution < -0.4 is 5.73 Å². The molecule has 0 spiro atoms. The molecule has 0 bridgehead atoms. The summed E-state index contributed by atoms with van der Waals surface area (Å²) in [7, 11) is 0. The van der Waals surface area contributed by atoms with E-state index >= 15 is 0 Å². The minimum atomic E-state index is 0.851. The number of hydrogen-bond donors (Lipinski definition) is 1. The van der Waals surface area contributed by atoms with Gasteiger partial charge < -0.3 is 5.73 Å². The van der Waals surface area contributed by atoms with Gasteiger partial charge in [0.15, 0.2) is 0 Å². The Labute approximate surface area is 96.5 Å². The predicted octanol–water partition coefficient (Wildman–Crippen LogP) is 3.33. The normalized spacial score (nSPS) is 10.9. The van der Waals surface area contributed by atoms with Crippen molar-refractivity contribution in [3.05, 3.63) is 35.5 Å². The van der Waals surface area contributed by atoms with Gasteiger partial charge in [0.25, 0.3) is 0 Å². The highest BCUT2D eigenvalue weighted by Crippen LogP contribution is 2.22. The summed E-state index contributed by atoms with van der Waals surface area (Å²) in [6.07, 6.45) is 3.13. The standard InChI is InChI=1S/C14H18N2/c1-3-5-11-9-13(15)12-8-10(4-2)6-7-14(12)16-11/h6-9H,3-5H2,1-2H3,(H2,15,16). The van der Waals surface area contributed by atoms with Crippen LogP contribution in [-0.2, 0) is 12.8 Å². The summed E-state index contributed by atoms with van der Waals surface area (Å²) in [5.74, 6) is 0. The molecule has 1 heterocycles. The van der Waals surface area contributed by atoms with Crippen LogP contribution in [0.5, 0.6) is 0 Å². The fourth-order valence-electron chi connectivity index (χ4n) is 1.96. The molecule has 2 aromatic rings. The van der Waals surface area contributed by atoms with Crippen LogP contribution >= 0.6 is 0 Å². The van der Waals surface area contributed by atoms with Gasteiger partial charge in [0.05, 0.1) is 5.52 Å². The third kappa shape index (κ3) is 2.01. The monoisotopic (exact) mass is 214 g/mol. The SMILES string of the molecule is CCCc1cc(N)c2cc(CC)ccc2n1. The highest BCUT2D eigenvalue weighted by molar-refractivity contribution is 5.90. The van der Waals surface area contributed by atoms with Crippen LogP contribution in [0.3, 0.4) is 0 Å². The van der Waals surface area contributed by atoms with E-state index in [0.717, 1.165) is 41.5 Å². The third-order valence-corrected chi connectivity index (χ3v) is 2.87. The van der Waals surface area contributed by atoms with Crippen molar-refractivity contribution in [2.24, 2.45) is 0 Å². The number of nitrogens with two attached hydrogens (primary N) is 1. The van der Waals surface area contributed by atoms with E-state index in [4.69, 9.17) is 5.73 Å². The Bertz CT molecular complexity index is 503. The van der Waals surface area contributed by atoms with E-state index in [9.17, 15) is 0 Å². The second-order valence-corrected chi connectivity index (χ2v) is 4.16. The lowest BCUT2D eigenvalue weighted by atomic mass is 10.1. The number of nitrogen functional groups attached to an aromatic ring is 1. The Morgan fingerprint density at radius 3 is 2.69 bits per heavy atom. The highest BCUT2D eigenvalue weighted by Gasteiger charge is 2.03. The first-order valence-corrected chi connectivity index (χ1v) is 5.92. The van der Waals surface area contributed by atoms with Crippen molar-refractivity contribution in [3.8, 4) is 0 Å². The zero-order valence-corrected chi connectivity index (χ0v) is 9.96. The maximum Gasteiger partial charge on any atom is 0.0726 e. The summed E-state index contributed by atoms with van der Waals surface area (Å²) >= 11 is 0. The lowest BCUT2D eigenvalue weighted by Crippen LogP contribution is -1.96. The largest absolute Gasteiger partial charge is 0.398 e. The van der Waals surface area contributed by atoms with Gasteiger partial charge >= 0.3 is 0 Å². The van der Waals surface area contributed by atoms with Crippen LogP contribution in [0.2, 0.25) is 0 Å². The van der Waals surface area contributed by atoms with Crippen LogP contribution in [-0.4, -0.2) is 4.98 Å². The van der Waals surface area contributed by atoms with Gasteiger partial charge in [-0.15, -0.1) is 0 Å². The second-order valence-electron chi connectivity index (χ2n) is 4.16. The summed E-state index contributed by atoms with van der Waals surface area (Å²) < 4.78 is 0. The lowest BCUT2D eigenvalue weighted by Gasteiger charge is -2.07. The summed E-state index contributed by atoms with van der Waals surface area (Å²) in [4.78, 5) is 4.62. The number of pyridine rings is 1. The van der Waals surface area contributed by atoms with E-state index in [1.807, 2.05) is 6.07 Å². The average molecular weight is 214 g/mol. The molecule has 0 atom stereocenters. The molecule has 1 aromatic heterocycles. The molecule has 2 heteroatoms. The van der Waals surface area contributed by atoms with Crippen LogP contribution in [0.25, 0.3) is 10.9 Å². The molecule has 0 saturated carbocycles. The van der Waals surface area contributed by atoms with Crippen molar-refractivity contribution in [2.45, 2.75) is 33.1 Å². The number of aromatic nitrogens is 1. The molecular weight excluding hydrogens is 196 g/mol. The first-order valence-electron chi connectivity index (χ1n) is 5.92. The highest BCUT2D eigenvalue weighted by atomic mass is 14.7. The van der Waals surface area contributed by atoms with Gasteiger partial charge in [0, 0.05) is 16.8 Å². The van der Waals surface area contributed by atoms with Crippen molar-refractivity contribution < 1.29 is 0 Å². The molecule has 0 saturated heterocycles. The van der Waals surface area contributed by atoms with E-state index in [1.165, 1.54) is 5.56 Å². The number of aryl methyl sites for hydroxylation is 2. The molecule has 2 N–H and O–H groups in total. The zero-order valence-electron chi connectivity index (χ0n) is 9.96. The summed E-state index contributed by atoms with van der Waals surface area (Å²) in [5.41, 5.74) is 10.3. The van der Waals surface area contributed by atoms with E-state index in [1.54, 1.807) is 0 Å². The molecule has 0 amide bonds. The molecule has 0 aliphatic carbocycles. The Hall–Kier alpha value is -1.57. The van der Waals surface area contributed by atoms with Gasteiger partial charge in [-0.2, -0.15) is 0 Å². The fraction of sp³-hybridized carbons (Fsp3) is 0.357. The maximum absolute atomic E-state index is 6.07. The summed E-state index contributed by atoms with van der Waals surface area (Å²) in [6, 6.07) is 8.35. The van der Waals surface area contributed by atoms with Gasteiger partial charge in [-0.3, -0.25) is 4.98 Å². The van der Waals surface area contributed by atoms with Crippen molar-refractivity contribution in [1.29, 1.82) is 0 Å². The van der Waals surface area contributed by atoms with E-state index < -0.39 is 0 Å². The second kappa shape index (κ2) is 4.52. The molecule has 16 heavy (non-hydrogen) atoms. The molecule has 0 fully saturated rings. The maximum atomic E-state index is 6.07. The van der Waals surface area contributed by atoms with Crippen LogP contribution in [0, 0.1) is 0 Å². The Kier molecular flexibility index (Phi) is 3.09. The first-order chi connectivity index (χ1) is 7.74. The number of hydrogen-bond acceptors (Lipinski definition) is 2. The molecule has 0 radical (unpaired) electrons.